The Bertz CT molecular complexity index is 755. The summed E-state index contributed by atoms with van der Waals surface area (Å²) in [5.41, 5.74) is 0. The Balaban J connectivity index is -0.000000366. The molecule has 0 aliphatic rings. The van der Waals surface area contributed by atoms with E-state index >= 15 is 0 Å². The average Bonchev–Trinajstić information content (AvgIpc) is 3.24. The van der Waals surface area contributed by atoms with Gasteiger partial charge >= 0.3 is 22.8 Å². The molecule has 2 atom stereocenters. The quantitative estimate of drug-likeness (QED) is 0.0361. The molecule has 0 bridgehead atoms. The number of unbranched alkanes of at least 4 members (excludes halogenated alkanes) is 12. The van der Waals surface area contributed by atoms with Gasteiger partial charge in [0.05, 0.1) is 78.5 Å². The molecule has 0 radical (unpaired) electrons. The smallest absolute Gasteiger partial charge is 0.324 e. The minimum Gasteiger partial charge on any atom is -0.324 e. The van der Waals surface area contributed by atoms with Crippen molar-refractivity contribution in [2.45, 2.75) is 243 Å². The maximum atomic E-state index is 11.8. The molecule has 0 aromatic rings. The Morgan fingerprint density at radius 1 is 0.323 bits per heavy atom. The van der Waals surface area contributed by atoms with Gasteiger partial charge in [-0.2, -0.15) is 0 Å². The Morgan fingerprint density at radius 2 is 0.435 bits per heavy atom. The van der Waals surface area contributed by atoms with E-state index in [2.05, 4.69) is 92.1 Å². The molecule has 0 aliphatic carbocycles. The maximum absolute atomic E-state index is 11.8. The summed E-state index contributed by atoms with van der Waals surface area (Å²) >= 11 is 0. The Morgan fingerprint density at radius 3 is 0.516 bits per heavy atom. The van der Waals surface area contributed by atoms with Crippen molar-refractivity contribution < 1.29 is 50.2 Å². The Labute approximate surface area is 387 Å². The summed E-state index contributed by atoms with van der Waals surface area (Å²) in [5, 5.41) is 0. The summed E-state index contributed by atoms with van der Waals surface area (Å²) in [5.74, 6) is 0. The molecule has 0 saturated heterocycles. The summed E-state index contributed by atoms with van der Waals surface area (Å²) in [6.45, 7) is 45.1. The number of nitrogens with zero attached hydrogens (tertiary/aromatic N) is 3. The highest BCUT2D eigenvalue weighted by molar-refractivity contribution is 7.32. The predicted molar refractivity (Wildman–Crippen MR) is 265 cm³/mol. The zero-order valence-electron chi connectivity index (χ0n) is 43.5. The van der Waals surface area contributed by atoms with E-state index in [1.807, 2.05) is 0 Å². The first-order valence-electron chi connectivity index (χ1n) is 26.2. The molecule has 2 N–H and O–H groups in total. The molecule has 376 valence electrons. The van der Waals surface area contributed by atoms with E-state index in [1.54, 1.807) is 0 Å². The van der Waals surface area contributed by atoms with Crippen molar-refractivity contribution in [2.24, 2.45) is 0 Å². The second-order valence-electron chi connectivity index (χ2n) is 18.1. The molecule has 0 aromatic carbocycles. The van der Waals surface area contributed by atoms with Crippen LogP contribution in [-0.2, 0) is 18.2 Å². The molecule has 9 nitrogen and oxygen atoms in total. The average molecular weight is 937 g/mol. The molecule has 0 rings (SSSR count). The van der Waals surface area contributed by atoms with Crippen LogP contribution in [0.4, 0.5) is 8.78 Å². The molecular formula is C49H110F2N3O6P2+5. The van der Waals surface area contributed by atoms with Crippen LogP contribution in [0.1, 0.15) is 237 Å². The Hall–Kier alpha value is -0.220. The van der Waals surface area contributed by atoms with Crippen LogP contribution in [0.15, 0.2) is 0 Å². The predicted octanol–water partition coefficient (Wildman–Crippen LogP) is 15.9. The van der Waals surface area contributed by atoms with Gasteiger partial charge in [0.25, 0.3) is 0 Å². The summed E-state index contributed by atoms with van der Waals surface area (Å²) < 4.78 is 52.8. The van der Waals surface area contributed by atoms with Crippen LogP contribution in [-0.4, -0.2) is 108 Å². The monoisotopic (exact) mass is 937 g/mol. The molecule has 13 heteroatoms. The number of rotatable bonds is 40. The molecule has 62 heavy (non-hydrogen) atoms. The highest BCUT2D eigenvalue weighted by atomic mass is 31.1. The van der Waals surface area contributed by atoms with Crippen molar-refractivity contribution in [3.63, 3.8) is 0 Å². The van der Waals surface area contributed by atoms with E-state index < -0.39 is 22.8 Å². The van der Waals surface area contributed by atoms with Gasteiger partial charge in [0.2, 0.25) is 0 Å². The molecule has 2 unspecified atom stereocenters. The van der Waals surface area contributed by atoms with Crippen molar-refractivity contribution in [3.05, 3.63) is 0 Å². The van der Waals surface area contributed by atoms with Crippen LogP contribution in [0.25, 0.3) is 0 Å². The zero-order valence-corrected chi connectivity index (χ0v) is 45.3. The van der Waals surface area contributed by atoms with Crippen LogP contribution < -0.4 is 0 Å². The fourth-order valence-corrected chi connectivity index (χ4v) is 8.63. The first kappa shape index (κ1) is 68.4. The number of quaternary nitrogens is 3. The molecule has 0 spiro atoms. The highest BCUT2D eigenvalue weighted by Gasteiger charge is 2.51. The van der Waals surface area contributed by atoms with Gasteiger partial charge in [-0.25, -0.2) is 0 Å². The SMILES string of the molecule is CCCC[N+](CCCC)(CCCC)CCCC.CCCC[N+](CCCC)(CCCC)CCCC.CCCC[N+](CCCC)(CCCC)CCCC.O=[P+](O)OC(F)(F)O[P+](=O)O. The van der Waals surface area contributed by atoms with Crippen molar-refractivity contribution in [3.8, 4) is 0 Å². The minimum absolute atomic E-state index is 1.35. The van der Waals surface area contributed by atoms with Crippen LogP contribution in [0.5, 0.6) is 0 Å². The lowest BCUT2D eigenvalue weighted by atomic mass is 10.1. The van der Waals surface area contributed by atoms with Crippen molar-refractivity contribution in [1.29, 1.82) is 0 Å². The van der Waals surface area contributed by atoms with E-state index in [-0.39, 0.29) is 0 Å². The largest absolute Gasteiger partial charge is 0.703 e. The molecule has 0 heterocycles. The minimum atomic E-state index is -4.52. The lowest BCUT2D eigenvalue weighted by molar-refractivity contribution is -0.929. The van der Waals surface area contributed by atoms with Gasteiger partial charge in [0.1, 0.15) is 0 Å². The van der Waals surface area contributed by atoms with Gasteiger partial charge in [-0.1, -0.05) is 160 Å². The van der Waals surface area contributed by atoms with E-state index in [1.165, 1.54) is 246 Å². The highest BCUT2D eigenvalue weighted by Crippen LogP contribution is 2.36. The maximum Gasteiger partial charge on any atom is 0.703 e. The summed E-state index contributed by atoms with van der Waals surface area (Å²) in [6, 6.07) is 0. The van der Waals surface area contributed by atoms with Crippen LogP contribution >= 0.6 is 16.5 Å². The lowest BCUT2D eigenvalue weighted by Crippen LogP contribution is -2.50. The van der Waals surface area contributed by atoms with Crippen LogP contribution in [0, 0.1) is 0 Å². The first-order valence-corrected chi connectivity index (χ1v) is 28.5. The number of hydrogen-bond acceptors (Lipinski definition) is 4. The van der Waals surface area contributed by atoms with E-state index in [9.17, 15) is 17.9 Å². The van der Waals surface area contributed by atoms with Gasteiger partial charge in [-0.05, 0) is 86.1 Å². The van der Waals surface area contributed by atoms with Gasteiger partial charge in [0.15, 0.2) is 0 Å². The number of halogens is 2. The number of alkyl halides is 2. The third-order valence-electron chi connectivity index (χ3n) is 12.2. The van der Waals surface area contributed by atoms with Gasteiger partial charge in [-0.15, -0.1) is 18.6 Å². The molecule has 0 amide bonds. The second-order valence-corrected chi connectivity index (χ2v) is 19.4. The molecule has 0 saturated carbocycles. The molecule has 0 aromatic heterocycles. The molecule has 0 aliphatic heterocycles. The second kappa shape index (κ2) is 47.3. The topological polar surface area (TPSA) is 93.1 Å². The first-order chi connectivity index (χ1) is 29.6. The molecule has 0 fully saturated rings. The normalized spacial score (nSPS) is 12.5. The van der Waals surface area contributed by atoms with Gasteiger partial charge in [-0.3, -0.25) is 0 Å². The van der Waals surface area contributed by atoms with E-state index in [0.717, 1.165) is 0 Å². The van der Waals surface area contributed by atoms with Crippen molar-refractivity contribution >= 4 is 16.5 Å². The van der Waals surface area contributed by atoms with E-state index in [4.69, 9.17) is 9.79 Å². The third kappa shape index (κ3) is 42.4. The molecular weight excluding hydrogens is 826 g/mol. The van der Waals surface area contributed by atoms with E-state index in [0.29, 0.717) is 0 Å². The standard InChI is InChI=1S/3C16H36N.CF2O6P2/c3*1-5-9-13-17(14-10-6-2,15-11-7-3)16-12-8-4;2-1(3,8-10(4)5)9-11(6)7/h3*5-16H2,1-4H3;/q3*+1;/p+2. The summed E-state index contributed by atoms with van der Waals surface area (Å²) in [6.07, 6.45) is 28.7. The summed E-state index contributed by atoms with van der Waals surface area (Å²) in [7, 11) is -7.17. The lowest BCUT2D eigenvalue weighted by Gasteiger charge is -2.39. The van der Waals surface area contributed by atoms with Gasteiger partial charge in [0, 0.05) is 9.13 Å². The van der Waals surface area contributed by atoms with Crippen LogP contribution in [0.2, 0.25) is 0 Å². The fraction of sp³-hybridized carbons (Fsp3) is 1.00. The Kier molecular flexibility index (Phi) is 52.1. The zero-order chi connectivity index (χ0) is 48.0. The van der Waals surface area contributed by atoms with Gasteiger partial charge < -0.3 is 13.4 Å². The summed E-state index contributed by atoms with van der Waals surface area (Å²) in [4.78, 5) is 15.5. The van der Waals surface area contributed by atoms with Crippen molar-refractivity contribution in [1.82, 2.24) is 0 Å². The van der Waals surface area contributed by atoms with Crippen molar-refractivity contribution in [2.75, 3.05) is 78.5 Å². The third-order valence-corrected chi connectivity index (χ3v) is 12.9. The van der Waals surface area contributed by atoms with Crippen LogP contribution in [0.3, 0.4) is 0 Å². The fourth-order valence-electron chi connectivity index (χ4n) is 8.13. The number of hydrogen-bond donors (Lipinski definition) is 2.